The molecule has 3 aromatic rings. The van der Waals surface area contributed by atoms with Crippen molar-refractivity contribution in [2.75, 3.05) is 6.61 Å². The Morgan fingerprint density at radius 2 is 1.79 bits per heavy atom. The van der Waals surface area contributed by atoms with Crippen molar-refractivity contribution in [2.45, 2.75) is 46.1 Å². The van der Waals surface area contributed by atoms with Crippen molar-refractivity contribution in [3.05, 3.63) is 65.4 Å². The number of hydrogen-bond acceptors (Lipinski definition) is 4. The van der Waals surface area contributed by atoms with Gasteiger partial charge >= 0.3 is 0 Å². The van der Waals surface area contributed by atoms with Crippen LogP contribution in [0.1, 0.15) is 55.3 Å². The minimum atomic E-state index is -0.175. The van der Waals surface area contributed by atoms with Crippen LogP contribution in [0.5, 0.6) is 5.75 Å². The van der Waals surface area contributed by atoms with Gasteiger partial charge in [-0.3, -0.25) is 9.59 Å². The minimum absolute atomic E-state index is 0.0565. The smallest absolute Gasteiger partial charge is 0.258 e. The molecular weight excluding hydrogens is 366 g/mol. The Bertz CT molecular complexity index is 986. The standard InChI is InChI=1S/C24H27NO4/c1-4-5-9-21-23(19-8-6-7-10-20(19)29-21)24(27)17-11-13-18(14-12-17)28-15-22(26)25-16(2)3/h6-8,10-14,16H,4-5,9,15H2,1-3H3,(H,25,26). The number of carbonyl (C=O) groups excluding carboxylic acids is 2. The van der Waals surface area contributed by atoms with Gasteiger partial charge in [-0.15, -0.1) is 0 Å². The van der Waals surface area contributed by atoms with Gasteiger partial charge in [0.1, 0.15) is 17.1 Å². The molecule has 1 N–H and O–H groups in total. The first-order chi connectivity index (χ1) is 14.0. The molecule has 1 aromatic heterocycles. The molecule has 2 aromatic carbocycles. The third-order valence-electron chi connectivity index (χ3n) is 4.59. The summed E-state index contributed by atoms with van der Waals surface area (Å²) in [6.07, 6.45) is 2.73. The minimum Gasteiger partial charge on any atom is -0.484 e. The lowest BCUT2D eigenvalue weighted by atomic mass is 9.98. The van der Waals surface area contributed by atoms with Gasteiger partial charge in [-0.1, -0.05) is 31.5 Å². The highest BCUT2D eigenvalue weighted by atomic mass is 16.5. The van der Waals surface area contributed by atoms with Gasteiger partial charge in [-0.2, -0.15) is 0 Å². The lowest BCUT2D eigenvalue weighted by Crippen LogP contribution is -2.34. The molecule has 0 saturated carbocycles. The third-order valence-corrected chi connectivity index (χ3v) is 4.59. The van der Waals surface area contributed by atoms with Crippen LogP contribution in [0.25, 0.3) is 11.0 Å². The maximum Gasteiger partial charge on any atom is 0.258 e. The summed E-state index contributed by atoms with van der Waals surface area (Å²) in [6, 6.07) is 14.6. The predicted octanol–water partition coefficient (Wildman–Crippen LogP) is 4.91. The van der Waals surface area contributed by atoms with E-state index in [1.807, 2.05) is 38.1 Å². The number of unbranched alkanes of at least 4 members (excludes halogenated alkanes) is 1. The summed E-state index contributed by atoms with van der Waals surface area (Å²) in [7, 11) is 0. The van der Waals surface area contributed by atoms with Gasteiger partial charge < -0.3 is 14.5 Å². The Labute approximate surface area is 171 Å². The van der Waals surface area contributed by atoms with Crippen LogP contribution in [0.4, 0.5) is 0 Å². The van der Waals surface area contributed by atoms with E-state index in [-0.39, 0.29) is 24.3 Å². The molecule has 152 valence electrons. The van der Waals surface area contributed by atoms with Crippen LogP contribution < -0.4 is 10.1 Å². The van der Waals surface area contributed by atoms with Crippen molar-refractivity contribution >= 4 is 22.7 Å². The largest absolute Gasteiger partial charge is 0.484 e. The monoisotopic (exact) mass is 393 g/mol. The second-order valence-electron chi connectivity index (χ2n) is 7.36. The van der Waals surface area contributed by atoms with E-state index in [1.54, 1.807) is 24.3 Å². The molecular formula is C24H27NO4. The molecule has 0 aliphatic carbocycles. The van der Waals surface area contributed by atoms with E-state index in [0.29, 0.717) is 16.9 Å². The summed E-state index contributed by atoms with van der Waals surface area (Å²) in [5.74, 6) is 1.04. The number of hydrogen-bond donors (Lipinski definition) is 1. The fourth-order valence-electron chi connectivity index (χ4n) is 3.22. The van der Waals surface area contributed by atoms with Crippen LogP contribution in [0.15, 0.2) is 52.9 Å². The van der Waals surface area contributed by atoms with E-state index in [0.717, 1.165) is 36.0 Å². The molecule has 0 aliphatic rings. The van der Waals surface area contributed by atoms with Crippen LogP contribution in [-0.2, 0) is 11.2 Å². The number of benzene rings is 2. The number of para-hydroxylation sites is 1. The Hall–Kier alpha value is -3.08. The molecule has 1 amide bonds. The SMILES string of the molecule is CCCCc1oc2ccccc2c1C(=O)c1ccc(OCC(=O)NC(C)C)cc1. The van der Waals surface area contributed by atoms with E-state index in [1.165, 1.54) is 0 Å². The molecule has 0 atom stereocenters. The molecule has 29 heavy (non-hydrogen) atoms. The number of fused-ring (bicyclic) bond motifs is 1. The topological polar surface area (TPSA) is 68.5 Å². The molecule has 3 rings (SSSR count). The zero-order chi connectivity index (χ0) is 20.8. The molecule has 0 aliphatic heterocycles. The summed E-state index contributed by atoms with van der Waals surface area (Å²) in [5.41, 5.74) is 1.94. The van der Waals surface area contributed by atoms with Crippen molar-refractivity contribution in [1.29, 1.82) is 0 Å². The normalized spacial score (nSPS) is 11.0. The number of rotatable bonds is 9. The number of ether oxygens (including phenoxy) is 1. The van der Waals surface area contributed by atoms with Crippen LogP contribution in [0.2, 0.25) is 0 Å². The maximum atomic E-state index is 13.2. The summed E-state index contributed by atoms with van der Waals surface area (Å²) in [6.45, 7) is 5.85. The van der Waals surface area contributed by atoms with E-state index >= 15 is 0 Å². The lowest BCUT2D eigenvalue weighted by molar-refractivity contribution is -0.123. The Kier molecular flexibility index (Phi) is 6.70. The average Bonchev–Trinajstić information content (AvgIpc) is 3.08. The molecule has 0 unspecified atom stereocenters. The number of ketones is 1. The van der Waals surface area contributed by atoms with E-state index in [9.17, 15) is 9.59 Å². The van der Waals surface area contributed by atoms with E-state index < -0.39 is 0 Å². The molecule has 0 saturated heterocycles. The Balaban J connectivity index is 1.79. The second kappa shape index (κ2) is 9.41. The van der Waals surface area contributed by atoms with E-state index in [4.69, 9.17) is 9.15 Å². The van der Waals surface area contributed by atoms with Crippen molar-refractivity contribution < 1.29 is 18.7 Å². The lowest BCUT2D eigenvalue weighted by Gasteiger charge is -2.10. The van der Waals surface area contributed by atoms with Crippen molar-refractivity contribution in [2.24, 2.45) is 0 Å². The van der Waals surface area contributed by atoms with Gasteiger partial charge in [0.05, 0.1) is 5.56 Å². The Morgan fingerprint density at radius 3 is 2.48 bits per heavy atom. The van der Waals surface area contributed by atoms with Gasteiger partial charge in [0.15, 0.2) is 12.4 Å². The van der Waals surface area contributed by atoms with Crippen molar-refractivity contribution in [3.63, 3.8) is 0 Å². The average molecular weight is 393 g/mol. The summed E-state index contributed by atoms with van der Waals surface area (Å²) in [4.78, 5) is 24.9. The number of furan rings is 1. The third kappa shape index (κ3) is 5.05. The molecule has 0 fully saturated rings. The van der Waals surface area contributed by atoms with Gasteiger partial charge in [-0.05, 0) is 50.6 Å². The van der Waals surface area contributed by atoms with E-state index in [2.05, 4.69) is 12.2 Å². The fourth-order valence-corrected chi connectivity index (χ4v) is 3.22. The highest BCUT2D eigenvalue weighted by Gasteiger charge is 2.21. The highest BCUT2D eigenvalue weighted by Crippen LogP contribution is 2.29. The molecule has 0 bridgehead atoms. The van der Waals surface area contributed by atoms with Crippen LogP contribution >= 0.6 is 0 Å². The molecule has 1 heterocycles. The van der Waals surface area contributed by atoms with Gasteiger partial charge in [-0.25, -0.2) is 0 Å². The number of aryl methyl sites for hydroxylation is 1. The predicted molar refractivity (Wildman–Crippen MR) is 113 cm³/mol. The fraction of sp³-hybridized carbons (Fsp3) is 0.333. The number of carbonyl (C=O) groups is 2. The summed E-state index contributed by atoms with van der Waals surface area (Å²) in [5, 5.41) is 3.61. The molecule has 5 heteroatoms. The van der Waals surface area contributed by atoms with Crippen LogP contribution in [0, 0.1) is 0 Å². The van der Waals surface area contributed by atoms with Crippen molar-refractivity contribution in [1.82, 2.24) is 5.32 Å². The summed E-state index contributed by atoms with van der Waals surface area (Å²) < 4.78 is 11.5. The molecule has 0 spiro atoms. The first kappa shape index (κ1) is 20.6. The number of amides is 1. The molecule has 0 radical (unpaired) electrons. The first-order valence-corrected chi connectivity index (χ1v) is 10.1. The zero-order valence-electron chi connectivity index (χ0n) is 17.2. The summed E-state index contributed by atoms with van der Waals surface area (Å²) >= 11 is 0. The van der Waals surface area contributed by atoms with Crippen molar-refractivity contribution in [3.8, 4) is 5.75 Å². The van der Waals surface area contributed by atoms with Gasteiger partial charge in [0.25, 0.3) is 5.91 Å². The quantitative estimate of drug-likeness (QED) is 0.525. The molecule has 5 nitrogen and oxygen atoms in total. The van der Waals surface area contributed by atoms with Crippen LogP contribution in [0.3, 0.4) is 0 Å². The number of nitrogens with one attached hydrogen (secondary N) is 1. The highest BCUT2D eigenvalue weighted by molar-refractivity contribution is 6.16. The zero-order valence-corrected chi connectivity index (χ0v) is 17.2. The Morgan fingerprint density at radius 1 is 1.07 bits per heavy atom. The first-order valence-electron chi connectivity index (χ1n) is 10.1. The van der Waals surface area contributed by atoms with Gasteiger partial charge in [0.2, 0.25) is 0 Å². The van der Waals surface area contributed by atoms with Crippen LogP contribution in [-0.4, -0.2) is 24.3 Å². The second-order valence-corrected chi connectivity index (χ2v) is 7.36. The maximum absolute atomic E-state index is 13.2. The van der Waals surface area contributed by atoms with Gasteiger partial charge in [0, 0.05) is 23.4 Å².